The van der Waals surface area contributed by atoms with Crippen LogP contribution in [0.1, 0.15) is 6.92 Å². The molecule has 0 saturated heterocycles. The summed E-state index contributed by atoms with van der Waals surface area (Å²) in [6, 6.07) is 3.63. The van der Waals surface area contributed by atoms with Gasteiger partial charge in [0.15, 0.2) is 0 Å². The molecule has 0 bridgehead atoms. The van der Waals surface area contributed by atoms with E-state index in [-0.39, 0.29) is 4.90 Å². The summed E-state index contributed by atoms with van der Waals surface area (Å²) in [6.07, 6.45) is 2.91. The summed E-state index contributed by atoms with van der Waals surface area (Å²) in [5, 5.41) is 3.94. The molecule has 0 saturated carbocycles. The number of benzene rings is 1. The van der Waals surface area contributed by atoms with Crippen molar-refractivity contribution in [1.29, 1.82) is 0 Å². The standard InChI is InChI=1S/C11H13FN4O2S/c1-2-16-7-8(6-14-16)15-19(17,18)10-5-3-4-9(12)11(10)13/h3-7,15H,2,13H2,1H3. The average molecular weight is 284 g/mol. The van der Waals surface area contributed by atoms with E-state index in [1.807, 2.05) is 6.92 Å². The lowest BCUT2D eigenvalue weighted by Gasteiger charge is -2.08. The van der Waals surface area contributed by atoms with Crippen LogP contribution in [0.25, 0.3) is 0 Å². The zero-order chi connectivity index (χ0) is 14.0. The molecule has 0 unspecified atom stereocenters. The summed E-state index contributed by atoms with van der Waals surface area (Å²) in [5.74, 6) is -0.771. The fourth-order valence-electron chi connectivity index (χ4n) is 1.55. The number of nitrogens with two attached hydrogens (primary N) is 1. The van der Waals surface area contributed by atoms with Gasteiger partial charge in [-0.25, -0.2) is 12.8 Å². The molecule has 2 aromatic rings. The van der Waals surface area contributed by atoms with E-state index in [4.69, 9.17) is 5.73 Å². The number of aryl methyl sites for hydroxylation is 1. The lowest BCUT2D eigenvalue weighted by Crippen LogP contribution is -2.15. The predicted molar refractivity (Wildman–Crippen MR) is 69.5 cm³/mol. The summed E-state index contributed by atoms with van der Waals surface area (Å²) in [7, 11) is -3.93. The second-order valence-corrected chi connectivity index (χ2v) is 5.49. The van der Waals surface area contributed by atoms with Gasteiger partial charge in [-0.15, -0.1) is 0 Å². The highest BCUT2D eigenvalue weighted by Crippen LogP contribution is 2.23. The smallest absolute Gasteiger partial charge is 0.264 e. The van der Waals surface area contributed by atoms with Crippen molar-refractivity contribution >= 4 is 21.4 Å². The topological polar surface area (TPSA) is 90.0 Å². The highest BCUT2D eigenvalue weighted by molar-refractivity contribution is 7.92. The lowest BCUT2D eigenvalue weighted by atomic mass is 10.3. The number of nitrogen functional groups attached to an aromatic ring is 1. The molecule has 6 nitrogen and oxygen atoms in total. The molecule has 19 heavy (non-hydrogen) atoms. The molecule has 0 radical (unpaired) electrons. The first kappa shape index (κ1) is 13.3. The molecule has 2 rings (SSSR count). The quantitative estimate of drug-likeness (QED) is 0.831. The van der Waals surface area contributed by atoms with Crippen LogP contribution < -0.4 is 10.5 Å². The number of halogens is 1. The highest BCUT2D eigenvalue weighted by Gasteiger charge is 2.20. The van der Waals surface area contributed by atoms with Crippen LogP contribution in [-0.2, 0) is 16.6 Å². The van der Waals surface area contributed by atoms with Gasteiger partial charge < -0.3 is 5.73 Å². The van der Waals surface area contributed by atoms with E-state index < -0.39 is 21.5 Å². The predicted octanol–water partition coefficient (Wildman–Crippen LogP) is 1.43. The van der Waals surface area contributed by atoms with Crippen LogP contribution in [0.3, 0.4) is 0 Å². The Bertz CT molecular complexity index is 696. The van der Waals surface area contributed by atoms with Gasteiger partial charge in [0.1, 0.15) is 10.7 Å². The molecule has 3 N–H and O–H groups in total. The number of hydrogen-bond acceptors (Lipinski definition) is 4. The van der Waals surface area contributed by atoms with Crippen molar-refractivity contribution in [2.24, 2.45) is 0 Å². The summed E-state index contributed by atoms with van der Waals surface area (Å²) in [5.41, 5.74) is 5.33. The molecule has 0 aliphatic carbocycles. The van der Waals surface area contributed by atoms with E-state index in [2.05, 4.69) is 9.82 Å². The summed E-state index contributed by atoms with van der Waals surface area (Å²) in [6.45, 7) is 2.49. The van der Waals surface area contributed by atoms with Gasteiger partial charge in [-0.05, 0) is 19.1 Å². The number of sulfonamides is 1. The van der Waals surface area contributed by atoms with E-state index in [0.29, 0.717) is 12.2 Å². The van der Waals surface area contributed by atoms with E-state index in [0.717, 1.165) is 6.07 Å². The maximum atomic E-state index is 13.3. The van der Waals surface area contributed by atoms with E-state index in [1.54, 1.807) is 4.68 Å². The molecule has 1 aromatic carbocycles. The third kappa shape index (κ3) is 2.68. The first-order valence-electron chi connectivity index (χ1n) is 5.53. The van der Waals surface area contributed by atoms with E-state index in [1.165, 1.54) is 24.5 Å². The van der Waals surface area contributed by atoms with Crippen LogP contribution >= 0.6 is 0 Å². The number of rotatable bonds is 4. The van der Waals surface area contributed by atoms with Gasteiger partial charge in [-0.1, -0.05) is 6.07 Å². The van der Waals surface area contributed by atoms with Crippen molar-refractivity contribution in [1.82, 2.24) is 9.78 Å². The Hall–Kier alpha value is -2.09. The molecule has 8 heteroatoms. The molecular weight excluding hydrogens is 271 g/mol. The van der Waals surface area contributed by atoms with Crippen LogP contribution in [0.2, 0.25) is 0 Å². The van der Waals surface area contributed by atoms with Crippen molar-refractivity contribution in [2.75, 3.05) is 10.5 Å². The Morgan fingerprint density at radius 3 is 2.84 bits per heavy atom. The number of nitrogens with one attached hydrogen (secondary N) is 1. The molecule has 0 fully saturated rings. The molecule has 0 spiro atoms. The van der Waals surface area contributed by atoms with E-state index >= 15 is 0 Å². The fourth-order valence-corrected chi connectivity index (χ4v) is 2.72. The van der Waals surface area contributed by atoms with Crippen molar-refractivity contribution in [2.45, 2.75) is 18.4 Å². The van der Waals surface area contributed by atoms with Crippen LogP contribution in [-0.4, -0.2) is 18.2 Å². The summed E-state index contributed by atoms with van der Waals surface area (Å²) in [4.78, 5) is -0.295. The molecule has 102 valence electrons. The third-order valence-electron chi connectivity index (χ3n) is 2.51. The maximum Gasteiger partial charge on any atom is 0.264 e. The van der Waals surface area contributed by atoms with Gasteiger partial charge in [0, 0.05) is 12.7 Å². The second kappa shape index (κ2) is 4.88. The number of hydrogen-bond donors (Lipinski definition) is 2. The van der Waals surface area contributed by atoms with Crippen LogP contribution in [0.15, 0.2) is 35.5 Å². The zero-order valence-electron chi connectivity index (χ0n) is 10.2. The largest absolute Gasteiger partial charge is 0.395 e. The average Bonchev–Trinajstić information content (AvgIpc) is 2.79. The van der Waals surface area contributed by atoms with Crippen molar-refractivity contribution in [3.63, 3.8) is 0 Å². The zero-order valence-corrected chi connectivity index (χ0v) is 11.0. The van der Waals surface area contributed by atoms with Gasteiger partial charge in [0.25, 0.3) is 10.0 Å². The normalized spacial score (nSPS) is 11.5. The maximum absolute atomic E-state index is 13.3. The third-order valence-corrected chi connectivity index (χ3v) is 3.95. The van der Waals surface area contributed by atoms with Crippen LogP contribution in [0, 0.1) is 5.82 Å². The molecular formula is C11H13FN4O2S. The van der Waals surface area contributed by atoms with Crippen LogP contribution in [0.4, 0.5) is 15.8 Å². The number of para-hydroxylation sites is 1. The monoisotopic (exact) mass is 284 g/mol. The fraction of sp³-hybridized carbons (Fsp3) is 0.182. The molecule has 1 heterocycles. The van der Waals surface area contributed by atoms with Gasteiger partial charge >= 0.3 is 0 Å². The molecule has 0 amide bonds. The summed E-state index contributed by atoms with van der Waals surface area (Å²) < 4.78 is 41.3. The highest BCUT2D eigenvalue weighted by atomic mass is 32.2. The first-order chi connectivity index (χ1) is 8.94. The minimum atomic E-state index is -3.93. The SMILES string of the molecule is CCn1cc(NS(=O)(=O)c2cccc(F)c2N)cn1. The summed E-state index contributed by atoms with van der Waals surface area (Å²) >= 11 is 0. The molecule has 0 aliphatic rings. The molecule has 1 aromatic heterocycles. The minimum Gasteiger partial charge on any atom is -0.395 e. The number of aromatic nitrogens is 2. The van der Waals surface area contributed by atoms with Gasteiger partial charge in [0.05, 0.1) is 17.6 Å². The first-order valence-corrected chi connectivity index (χ1v) is 7.01. The Morgan fingerprint density at radius 2 is 2.21 bits per heavy atom. The van der Waals surface area contributed by atoms with Gasteiger partial charge in [0.2, 0.25) is 0 Å². The van der Waals surface area contributed by atoms with Crippen molar-refractivity contribution in [3.05, 3.63) is 36.4 Å². The Morgan fingerprint density at radius 1 is 1.47 bits per heavy atom. The molecule has 0 aliphatic heterocycles. The van der Waals surface area contributed by atoms with Crippen molar-refractivity contribution in [3.8, 4) is 0 Å². The lowest BCUT2D eigenvalue weighted by molar-refractivity contribution is 0.597. The Balaban J connectivity index is 2.35. The van der Waals surface area contributed by atoms with Crippen molar-refractivity contribution < 1.29 is 12.8 Å². The number of anilines is 2. The second-order valence-electron chi connectivity index (χ2n) is 3.84. The number of nitrogens with zero attached hydrogens (tertiary/aromatic N) is 2. The minimum absolute atomic E-state index is 0.295. The van der Waals surface area contributed by atoms with Gasteiger partial charge in [-0.3, -0.25) is 9.40 Å². The Labute approximate surface area is 110 Å². The van der Waals surface area contributed by atoms with Gasteiger partial charge in [-0.2, -0.15) is 5.10 Å². The van der Waals surface area contributed by atoms with E-state index in [9.17, 15) is 12.8 Å². The Kier molecular flexibility index (Phi) is 3.43. The molecule has 0 atom stereocenters. The van der Waals surface area contributed by atoms with Crippen LogP contribution in [0.5, 0.6) is 0 Å².